The van der Waals surface area contributed by atoms with E-state index < -0.39 is 0 Å². The van der Waals surface area contributed by atoms with Crippen LogP contribution in [0.2, 0.25) is 0 Å². The summed E-state index contributed by atoms with van der Waals surface area (Å²) in [6.45, 7) is 6.22. The first-order valence-electron chi connectivity index (χ1n) is 5.66. The maximum absolute atomic E-state index is 11.4. The van der Waals surface area contributed by atoms with E-state index in [4.69, 9.17) is 4.84 Å². The number of carbonyl (C=O) groups excluding carboxylic acids is 2. The van der Waals surface area contributed by atoms with Crippen molar-refractivity contribution in [1.29, 1.82) is 0 Å². The number of methoxy groups -OCH3 is 1. The molecule has 96 valence electrons. The van der Waals surface area contributed by atoms with Gasteiger partial charge in [0.2, 0.25) is 0 Å². The zero-order chi connectivity index (χ0) is 13.1. The predicted molar refractivity (Wildman–Crippen MR) is 61.5 cm³/mol. The lowest BCUT2D eigenvalue weighted by Gasteiger charge is -2.36. The molecule has 5 heteroatoms. The summed E-state index contributed by atoms with van der Waals surface area (Å²) in [5, 5.41) is 1.53. The maximum atomic E-state index is 11.4. The molecule has 1 rings (SSSR count). The molecule has 17 heavy (non-hydrogen) atoms. The third-order valence-electron chi connectivity index (χ3n) is 2.46. The highest BCUT2D eigenvalue weighted by Crippen LogP contribution is 2.27. The number of allylic oxidation sites excluding steroid dienone is 1. The first kappa shape index (κ1) is 13.7. The summed E-state index contributed by atoms with van der Waals surface area (Å²) >= 11 is 0. The van der Waals surface area contributed by atoms with E-state index in [0.717, 1.165) is 0 Å². The Hall–Kier alpha value is -1.32. The van der Waals surface area contributed by atoms with Crippen LogP contribution < -0.4 is 0 Å². The van der Waals surface area contributed by atoms with Crippen LogP contribution in [0.3, 0.4) is 0 Å². The minimum Gasteiger partial charge on any atom is -0.469 e. The Kier molecular flexibility index (Phi) is 4.32. The second kappa shape index (κ2) is 5.34. The van der Waals surface area contributed by atoms with Crippen LogP contribution in [0.1, 0.15) is 33.6 Å². The quantitative estimate of drug-likeness (QED) is 0.539. The molecule has 0 N–H and O–H groups in total. The van der Waals surface area contributed by atoms with Crippen LogP contribution in [0, 0.1) is 5.92 Å². The largest absolute Gasteiger partial charge is 0.469 e. The maximum Gasteiger partial charge on any atom is 0.309 e. The van der Waals surface area contributed by atoms with Crippen molar-refractivity contribution >= 4 is 11.9 Å². The molecule has 0 aliphatic carbocycles. The fraction of sp³-hybridized carbons (Fsp3) is 0.750. The number of piperidine rings is 1. The van der Waals surface area contributed by atoms with Crippen LogP contribution in [0.4, 0.5) is 0 Å². The summed E-state index contributed by atoms with van der Waals surface area (Å²) < 4.78 is 4.68. The number of hydroxylamine groups is 2. The van der Waals surface area contributed by atoms with Gasteiger partial charge >= 0.3 is 5.97 Å². The molecule has 0 saturated carbocycles. The molecule has 1 aliphatic heterocycles. The van der Waals surface area contributed by atoms with Gasteiger partial charge in [-0.15, -0.1) is 0 Å². The second-order valence-corrected chi connectivity index (χ2v) is 5.07. The number of rotatable bonds is 2. The minimum atomic E-state index is -0.375. The third-order valence-corrected chi connectivity index (χ3v) is 2.46. The summed E-state index contributed by atoms with van der Waals surface area (Å²) in [5.74, 6) is 1.29. The SMILES string of the molecule is COC(=O)C1CCN(OC(C)(C)C)C(=C=O)C1. The smallest absolute Gasteiger partial charge is 0.309 e. The number of carbonyl (C=O) groups is 1. The van der Waals surface area contributed by atoms with Gasteiger partial charge in [-0.2, -0.15) is 0 Å². The van der Waals surface area contributed by atoms with Gasteiger partial charge in [-0.25, -0.2) is 9.86 Å². The van der Waals surface area contributed by atoms with E-state index in [0.29, 0.717) is 25.1 Å². The normalized spacial score (nSPS) is 21.1. The van der Waals surface area contributed by atoms with Crippen molar-refractivity contribution in [3.05, 3.63) is 5.70 Å². The van der Waals surface area contributed by atoms with Crippen LogP contribution in [0.5, 0.6) is 0 Å². The Balaban J connectivity index is 2.70. The lowest BCUT2D eigenvalue weighted by molar-refractivity contribution is -0.216. The Bertz CT molecular complexity index is 339. The molecule has 0 aromatic carbocycles. The van der Waals surface area contributed by atoms with E-state index >= 15 is 0 Å². The topological polar surface area (TPSA) is 55.8 Å². The van der Waals surface area contributed by atoms with E-state index in [1.807, 2.05) is 26.7 Å². The van der Waals surface area contributed by atoms with Gasteiger partial charge in [-0.05, 0) is 27.2 Å². The zero-order valence-corrected chi connectivity index (χ0v) is 10.8. The van der Waals surface area contributed by atoms with E-state index in [2.05, 4.69) is 4.74 Å². The summed E-state index contributed by atoms with van der Waals surface area (Å²) in [7, 11) is 1.35. The first-order chi connectivity index (χ1) is 7.87. The Morgan fingerprint density at radius 1 is 1.47 bits per heavy atom. The first-order valence-corrected chi connectivity index (χ1v) is 5.66. The van der Waals surface area contributed by atoms with Crippen molar-refractivity contribution in [2.75, 3.05) is 13.7 Å². The third kappa shape index (κ3) is 3.88. The van der Waals surface area contributed by atoms with Gasteiger partial charge in [0, 0.05) is 13.0 Å². The van der Waals surface area contributed by atoms with Crippen molar-refractivity contribution in [3.8, 4) is 0 Å². The number of nitrogens with zero attached hydrogens (tertiary/aromatic N) is 1. The summed E-state index contributed by atoms with van der Waals surface area (Å²) in [6.07, 6.45) is 0.945. The van der Waals surface area contributed by atoms with Crippen molar-refractivity contribution < 1.29 is 19.2 Å². The number of ether oxygens (including phenoxy) is 1. The van der Waals surface area contributed by atoms with E-state index in [-0.39, 0.29) is 17.5 Å². The molecular formula is C12H19NO4. The van der Waals surface area contributed by atoms with Crippen LogP contribution in [-0.2, 0) is 19.2 Å². The Morgan fingerprint density at radius 3 is 2.59 bits per heavy atom. The van der Waals surface area contributed by atoms with E-state index in [1.54, 1.807) is 0 Å². The van der Waals surface area contributed by atoms with Crippen LogP contribution in [0.15, 0.2) is 5.70 Å². The number of hydrogen-bond acceptors (Lipinski definition) is 5. The fourth-order valence-corrected chi connectivity index (χ4v) is 1.74. The standard InChI is InChI=1S/C12H19NO4/c1-12(2,3)17-13-6-5-9(11(15)16-4)7-10(13)8-14/h9H,5-7H2,1-4H3. The average molecular weight is 241 g/mol. The lowest BCUT2D eigenvalue weighted by Crippen LogP contribution is -2.40. The van der Waals surface area contributed by atoms with Gasteiger partial charge in [-0.3, -0.25) is 9.63 Å². The molecular weight excluding hydrogens is 222 g/mol. The molecule has 1 unspecified atom stereocenters. The number of esters is 1. The van der Waals surface area contributed by atoms with Gasteiger partial charge in [-0.1, -0.05) is 0 Å². The Labute approximate surface area is 101 Å². The lowest BCUT2D eigenvalue weighted by atomic mass is 9.96. The highest BCUT2D eigenvalue weighted by molar-refractivity contribution is 5.73. The van der Waals surface area contributed by atoms with Gasteiger partial charge in [0.05, 0.1) is 18.6 Å². The monoisotopic (exact) mass is 241 g/mol. The molecule has 0 bridgehead atoms. The van der Waals surface area contributed by atoms with Crippen molar-refractivity contribution in [2.24, 2.45) is 5.92 Å². The average Bonchev–Trinajstić information content (AvgIpc) is 2.26. The highest BCUT2D eigenvalue weighted by atomic mass is 16.7. The highest BCUT2D eigenvalue weighted by Gasteiger charge is 2.32. The van der Waals surface area contributed by atoms with Crippen LogP contribution >= 0.6 is 0 Å². The summed E-state index contributed by atoms with van der Waals surface area (Å²) in [6, 6.07) is 0. The molecule has 0 amide bonds. The molecule has 5 nitrogen and oxygen atoms in total. The van der Waals surface area contributed by atoms with Crippen molar-refractivity contribution in [1.82, 2.24) is 5.06 Å². The molecule has 1 saturated heterocycles. The zero-order valence-electron chi connectivity index (χ0n) is 10.8. The molecule has 0 spiro atoms. The van der Waals surface area contributed by atoms with Gasteiger partial charge in [0.25, 0.3) is 0 Å². The molecule has 1 atom stereocenters. The summed E-state index contributed by atoms with van der Waals surface area (Å²) in [5.41, 5.74) is 0.00166. The minimum absolute atomic E-state index is 0.267. The van der Waals surface area contributed by atoms with Crippen molar-refractivity contribution in [2.45, 2.75) is 39.2 Å². The Morgan fingerprint density at radius 2 is 2.12 bits per heavy atom. The molecule has 0 aromatic heterocycles. The van der Waals surface area contributed by atoms with Crippen molar-refractivity contribution in [3.63, 3.8) is 0 Å². The van der Waals surface area contributed by atoms with E-state index in [1.165, 1.54) is 12.2 Å². The molecule has 1 heterocycles. The molecule has 0 radical (unpaired) electrons. The van der Waals surface area contributed by atoms with E-state index in [9.17, 15) is 9.59 Å². The van der Waals surface area contributed by atoms with Crippen LogP contribution in [-0.4, -0.2) is 36.2 Å². The van der Waals surface area contributed by atoms with Gasteiger partial charge in [0.1, 0.15) is 11.6 Å². The second-order valence-electron chi connectivity index (χ2n) is 5.07. The molecule has 1 aliphatic rings. The summed E-state index contributed by atoms with van der Waals surface area (Å²) in [4.78, 5) is 27.9. The number of hydrogen-bond donors (Lipinski definition) is 0. The predicted octanol–water partition coefficient (Wildman–Crippen LogP) is 1.32. The van der Waals surface area contributed by atoms with Gasteiger partial charge in [0.15, 0.2) is 0 Å². The van der Waals surface area contributed by atoms with Crippen LogP contribution in [0.25, 0.3) is 0 Å². The fourth-order valence-electron chi connectivity index (χ4n) is 1.74. The molecule has 1 fully saturated rings. The molecule has 0 aromatic rings. The van der Waals surface area contributed by atoms with Gasteiger partial charge < -0.3 is 4.74 Å².